The summed E-state index contributed by atoms with van der Waals surface area (Å²) in [4.78, 5) is 4.73. The second-order valence-electron chi connectivity index (χ2n) is 9.60. The van der Waals surface area contributed by atoms with Gasteiger partial charge in [0.15, 0.2) is 0 Å². The Bertz CT molecular complexity index is 2120. The lowest BCUT2D eigenvalue weighted by atomic mass is 9.94. The lowest BCUT2D eigenvalue weighted by molar-refractivity contribution is 0.669. The molecule has 0 aliphatic carbocycles. The highest BCUT2D eigenvalue weighted by Gasteiger charge is 2.22. The number of aromatic nitrogens is 2. The number of para-hydroxylation sites is 3. The molecule has 5 aromatic carbocycles. The molecule has 3 heterocycles. The minimum Gasteiger partial charge on any atom is -0.456 e. The van der Waals surface area contributed by atoms with Gasteiger partial charge >= 0.3 is 0 Å². The molecule has 0 fully saturated rings. The zero-order valence-electron chi connectivity index (χ0n) is 20.5. The molecule has 8 rings (SSSR count). The van der Waals surface area contributed by atoms with Crippen molar-refractivity contribution >= 4 is 43.7 Å². The summed E-state index contributed by atoms with van der Waals surface area (Å²) in [6.45, 7) is 0. The van der Waals surface area contributed by atoms with Crippen LogP contribution in [0.1, 0.15) is 0 Å². The Morgan fingerprint density at radius 3 is 2.08 bits per heavy atom. The van der Waals surface area contributed by atoms with E-state index in [0.717, 1.165) is 50.0 Å². The Morgan fingerprint density at radius 2 is 1.24 bits per heavy atom. The van der Waals surface area contributed by atoms with Gasteiger partial charge in [-0.05, 0) is 42.0 Å². The number of hydrogen-bond acceptors (Lipinski definition) is 2. The van der Waals surface area contributed by atoms with Gasteiger partial charge in [0, 0.05) is 50.6 Å². The molecule has 0 bridgehead atoms. The topological polar surface area (TPSA) is 31.0 Å². The fourth-order valence-corrected chi connectivity index (χ4v) is 5.83. The fraction of sp³-hybridized carbons (Fsp3) is 0. The van der Waals surface area contributed by atoms with E-state index in [-0.39, 0.29) is 0 Å². The molecule has 178 valence electrons. The van der Waals surface area contributed by atoms with Crippen LogP contribution < -0.4 is 0 Å². The van der Waals surface area contributed by atoms with Gasteiger partial charge in [0.05, 0.1) is 16.7 Å². The van der Waals surface area contributed by atoms with Crippen LogP contribution in [0.3, 0.4) is 0 Å². The number of nitrogens with zero attached hydrogens (tertiary/aromatic N) is 2. The van der Waals surface area contributed by atoms with Crippen LogP contribution in [-0.4, -0.2) is 9.55 Å². The van der Waals surface area contributed by atoms with Crippen LogP contribution in [0, 0.1) is 0 Å². The molecule has 0 saturated heterocycles. The quantitative estimate of drug-likeness (QED) is 0.249. The molecule has 0 aliphatic heterocycles. The van der Waals surface area contributed by atoms with E-state index in [0.29, 0.717) is 0 Å². The predicted octanol–water partition coefficient (Wildman–Crippen LogP) is 9.41. The summed E-state index contributed by atoms with van der Waals surface area (Å²) in [5, 5.41) is 4.68. The smallest absolute Gasteiger partial charge is 0.138 e. The average molecular weight is 487 g/mol. The van der Waals surface area contributed by atoms with E-state index >= 15 is 0 Å². The van der Waals surface area contributed by atoms with Crippen molar-refractivity contribution in [3.63, 3.8) is 0 Å². The van der Waals surface area contributed by atoms with E-state index in [1.54, 1.807) is 0 Å². The van der Waals surface area contributed by atoms with Gasteiger partial charge in [-0.15, -0.1) is 0 Å². The van der Waals surface area contributed by atoms with Crippen LogP contribution in [-0.2, 0) is 0 Å². The molecule has 8 aromatic rings. The Balaban J connectivity index is 1.58. The summed E-state index contributed by atoms with van der Waals surface area (Å²) in [5.74, 6) is 0. The summed E-state index contributed by atoms with van der Waals surface area (Å²) in [5.41, 5.74) is 9.54. The Hall–Kier alpha value is -5.15. The van der Waals surface area contributed by atoms with Crippen LogP contribution in [0.5, 0.6) is 0 Å². The molecule has 0 radical (unpaired) electrons. The molecule has 0 N–H and O–H groups in total. The van der Waals surface area contributed by atoms with Gasteiger partial charge in [0.25, 0.3) is 0 Å². The van der Waals surface area contributed by atoms with Gasteiger partial charge in [-0.2, -0.15) is 0 Å². The molecule has 0 amide bonds. The number of benzene rings is 5. The van der Waals surface area contributed by atoms with Crippen molar-refractivity contribution in [1.82, 2.24) is 9.55 Å². The Morgan fingerprint density at radius 1 is 0.526 bits per heavy atom. The minimum absolute atomic E-state index is 0.881. The average Bonchev–Trinajstić information content (AvgIpc) is 3.52. The van der Waals surface area contributed by atoms with Gasteiger partial charge in [-0.25, -0.2) is 0 Å². The Labute approximate surface area is 219 Å². The maximum absolute atomic E-state index is 6.50. The number of rotatable bonds is 3. The third-order valence-electron chi connectivity index (χ3n) is 7.43. The molecule has 0 unspecified atom stereocenters. The molecule has 3 nitrogen and oxygen atoms in total. The maximum Gasteiger partial charge on any atom is 0.138 e. The molecule has 3 aromatic heterocycles. The van der Waals surface area contributed by atoms with Gasteiger partial charge in [0.1, 0.15) is 11.2 Å². The second-order valence-corrected chi connectivity index (χ2v) is 9.60. The highest BCUT2D eigenvalue weighted by atomic mass is 16.3. The SMILES string of the molecule is c1ccc(-c2cc(-c3c4c(cc5c3c3ccccc3n5-c3ccccc3)oc3ccccc34)ccn2)cc1. The van der Waals surface area contributed by atoms with Gasteiger partial charge in [-0.1, -0.05) is 84.9 Å². The van der Waals surface area contributed by atoms with E-state index < -0.39 is 0 Å². The van der Waals surface area contributed by atoms with E-state index in [1.807, 2.05) is 18.3 Å². The van der Waals surface area contributed by atoms with Crippen molar-refractivity contribution in [3.05, 3.63) is 134 Å². The summed E-state index contributed by atoms with van der Waals surface area (Å²) in [7, 11) is 0. The van der Waals surface area contributed by atoms with E-state index in [4.69, 9.17) is 9.40 Å². The number of fused-ring (bicyclic) bond motifs is 6. The lowest BCUT2D eigenvalue weighted by Gasteiger charge is -2.11. The van der Waals surface area contributed by atoms with Crippen LogP contribution in [0.4, 0.5) is 0 Å². The van der Waals surface area contributed by atoms with Crippen LogP contribution >= 0.6 is 0 Å². The molecule has 0 atom stereocenters. The summed E-state index contributed by atoms with van der Waals surface area (Å²) in [6.07, 6.45) is 1.92. The van der Waals surface area contributed by atoms with Gasteiger partial charge in [0.2, 0.25) is 0 Å². The molecular formula is C35H22N2O. The maximum atomic E-state index is 6.50. The third kappa shape index (κ3) is 3.06. The number of furan rings is 1. The summed E-state index contributed by atoms with van der Waals surface area (Å²) in [6, 6.07) is 44.5. The van der Waals surface area contributed by atoms with Gasteiger partial charge in [-0.3, -0.25) is 4.98 Å². The van der Waals surface area contributed by atoms with Crippen LogP contribution in [0.25, 0.3) is 71.8 Å². The summed E-state index contributed by atoms with van der Waals surface area (Å²) >= 11 is 0. The van der Waals surface area contributed by atoms with Crippen molar-refractivity contribution in [1.29, 1.82) is 0 Å². The van der Waals surface area contributed by atoms with E-state index in [9.17, 15) is 0 Å². The van der Waals surface area contributed by atoms with Crippen molar-refractivity contribution in [2.75, 3.05) is 0 Å². The molecule has 0 aliphatic rings. The number of pyridine rings is 1. The largest absolute Gasteiger partial charge is 0.456 e. The lowest BCUT2D eigenvalue weighted by Crippen LogP contribution is -1.93. The monoisotopic (exact) mass is 486 g/mol. The normalized spacial score (nSPS) is 11.7. The van der Waals surface area contributed by atoms with Crippen LogP contribution in [0.2, 0.25) is 0 Å². The molecular weight excluding hydrogens is 464 g/mol. The first-order valence-electron chi connectivity index (χ1n) is 12.8. The first-order chi connectivity index (χ1) is 18.9. The van der Waals surface area contributed by atoms with Crippen molar-refractivity contribution in [2.24, 2.45) is 0 Å². The molecule has 3 heteroatoms. The predicted molar refractivity (Wildman–Crippen MR) is 157 cm³/mol. The fourth-order valence-electron chi connectivity index (χ4n) is 5.83. The van der Waals surface area contributed by atoms with Crippen molar-refractivity contribution in [3.8, 4) is 28.1 Å². The minimum atomic E-state index is 0.881. The van der Waals surface area contributed by atoms with Crippen LogP contribution in [0.15, 0.2) is 138 Å². The van der Waals surface area contributed by atoms with Crippen molar-refractivity contribution < 1.29 is 4.42 Å². The molecule has 0 saturated carbocycles. The van der Waals surface area contributed by atoms with E-state index in [1.165, 1.54) is 21.9 Å². The standard InChI is InChI=1S/C35H22N2O/c1-3-11-23(12-4-1)28-21-24(19-20-36-28)33-34-26-15-7-9-17-29(26)37(25-13-5-2-6-14-25)30(34)22-32-35(33)27-16-8-10-18-31(27)38-32/h1-22H. The zero-order chi connectivity index (χ0) is 25.1. The Kier molecular flexibility index (Phi) is 4.52. The second kappa shape index (κ2) is 8.19. The van der Waals surface area contributed by atoms with E-state index in [2.05, 4.69) is 120 Å². The third-order valence-corrected chi connectivity index (χ3v) is 7.43. The van der Waals surface area contributed by atoms with Gasteiger partial charge < -0.3 is 8.98 Å². The highest BCUT2D eigenvalue weighted by molar-refractivity contribution is 6.27. The summed E-state index contributed by atoms with van der Waals surface area (Å²) < 4.78 is 8.84. The number of hydrogen-bond donors (Lipinski definition) is 0. The molecule has 0 spiro atoms. The van der Waals surface area contributed by atoms with Crippen molar-refractivity contribution in [2.45, 2.75) is 0 Å². The molecule has 38 heavy (non-hydrogen) atoms. The first-order valence-corrected chi connectivity index (χ1v) is 12.8. The first kappa shape index (κ1) is 21.0. The zero-order valence-corrected chi connectivity index (χ0v) is 20.5. The highest BCUT2D eigenvalue weighted by Crippen LogP contribution is 2.46.